The minimum absolute atomic E-state index is 0.0257. The van der Waals surface area contributed by atoms with E-state index in [2.05, 4.69) is 12.7 Å². The molecule has 2 aromatic rings. The fraction of sp³-hybridized carbons (Fsp3) is 0.564. The molecule has 50 heavy (non-hydrogen) atoms. The van der Waals surface area contributed by atoms with Gasteiger partial charge in [-0.2, -0.15) is 0 Å². The van der Waals surface area contributed by atoms with E-state index >= 15 is 0 Å². The molecule has 4 aliphatic rings. The molecule has 10 nitrogen and oxygen atoms in total. The minimum atomic E-state index is -1.02. The number of unbranched alkanes of at least 4 members (excludes halogenated alkanes) is 2. The zero-order valence-electron chi connectivity index (χ0n) is 28.7. The number of allylic oxidation sites excluding steroid dienone is 1. The van der Waals surface area contributed by atoms with Crippen LogP contribution in [0.5, 0.6) is 11.5 Å². The van der Waals surface area contributed by atoms with Gasteiger partial charge in [0.05, 0.1) is 28.4 Å². The average molecular weight is 707 g/mol. The SMILES string of the molecule is C=CCO[C@@]12Oc3ccc(O)cc3[C@H]3[C@H](CCCCO)[C@@H](CCCCO)C=C(C(=NOCc4ccc([N+](=O)[O-])cc4)C[C@@H]1SC1CCCC1)[C@H]32. The number of nitrogens with zero attached hydrogens (tertiary/aromatic N) is 2. The fourth-order valence-corrected chi connectivity index (χ4v) is 10.4. The summed E-state index contributed by atoms with van der Waals surface area (Å²) in [6, 6.07) is 11.7. The fourth-order valence-electron chi connectivity index (χ4n) is 8.61. The Morgan fingerprint density at radius 3 is 2.50 bits per heavy atom. The van der Waals surface area contributed by atoms with Crippen molar-refractivity contribution in [2.75, 3.05) is 19.8 Å². The number of rotatable bonds is 17. The third-order valence-corrected chi connectivity index (χ3v) is 12.5. The molecule has 0 spiro atoms. The Balaban J connectivity index is 1.47. The molecular formula is C39H50N2O8S. The molecule has 0 radical (unpaired) electrons. The number of thioether (sulfide) groups is 1. The number of non-ortho nitro benzene ring substituents is 1. The van der Waals surface area contributed by atoms with Crippen molar-refractivity contribution in [3.63, 3.8) is 0 Å². The largest absolute Gasteiger partial charge is 0.508 e. The predicted molar refractivity (Wildman–Crippen MR) is 194 cm³/mol. The lowest BCUT2D eigenvalue weighted by atomic mass is 9.56. The Hall–Kier alpha value is -3.38. The molecule has 2 saturated carbocycles. The molecule has 0 aromatic heterocycles. The first-order valence-electron chi connectivity index (χ1n) is 18.2. The number of aliphatic hydroxyl groups is 2. The maximum absolute atomic E-state index is 11.2. The number of nitro benzene ring substituents is 1. The Kier molecular flexibility index (Phi) is 12.2. The minimum Gasteiger partial charge on any atom is -0.508 e. The zero-order valence-corrected chi connectivity index (χ0v) is 29.5. The highest BCUT2D eigenvalue weighted by atomic mass is 32.2. The van der Waals surface area contributed by atoms with Crippen LogP contribution in [-0.4, -0.2) is 62.1 Å². The van der Waals surface area contributed by atoms with E-state index in [9.17, 15) is 25.4 Å². The van der Waals surface area contributed by atoms with E-state index in [0.717, 1.165) is 66.7 Å². The van der Waals surface area contributed by atoms with Gasteiger partial charge >= 0.3 is 0 Å². The van der Waals surface area contributed by atoms with Crippen LogP contribution < -0.4 is 4.74 Å². The van der Waals surface area contributed by atoms with Crippen LogP contribution in [0.4, 0.5) is 5.69 Å². The summed E-state index contributed by atoms with van der Waals surface area (Å²) in [6.07, 6.45) is 14.3. The van der Waals surface area contributed by atoms with Crippen molar-refractivity contribution in [1.82, 2.24) is 0 Å². The first kappa shape index (κ1) is 36.4. The van der Waals surface area contributed by atoms with Crippen LogP contribution in [0.1, 0.15) is 87.7 Å². The number of phenols is 1. The Morgan fingerprint density at radius 1 is 1.06 bits per heavy atom. The van der Waals surface area contributed by atoms with Gasteiger partial charge in [-0.1, -0.05) is 43.0 Å². The van der Waals surface area contributed by atoms with E-state index in [0.29, 0.717) is 31.1 Å². The summed E-state index contributed by atoms with van der Waals surface area (Å²) in [7, 11) is 0. The van der Waals surface area contributed by atoms with Crippen LogP contribution in [0.25, 0.3) is 0 Å². The number of hydrogen-bond donors (Lipinski definition) is 3. The Labute approximate surface area is 298 Å². The van der Waals surface area contributed by atoms with Crippen LogP contribution >= 0.6 is 11.8 Å². The van der Waals surface area contributed by atoms with E-state index in [1.807, 2.05) is 23.9 Å². The predicted octanol–water partition coefficient (Wildman–Crippen LogP) is 7.81. The molecule has 2 fully saturated rings. The van der Waals surface area contributed by atoms with Gasteiger partial charge in [-0.25, -0.2) is 0 Å². The molecule has 1 heterocycles. The summed E-state index contributed by atoms with van der Waals surface area (Å²) in [5.41, 5.74) is 3.65. The lowest BCUT2D eigenvalue weighted by Gasteiger charge is -2.58. The molecule has 1 aliphatic heterocycles. The van der Waals surface area contributed by atoms with Crippen molar-refractivity contribution >= 4 is 23.2 Å². The monoisotopic (exact) mass is 706 g/mol. The van der Waals surface area contributed by atoms with Crippen molar-refractivity contribution in [3.05, 3.63) is 88.0 Å². The van der Waals surface area contributed by atoms with Crippen molar-refractivity contribution in [1.29, 1.82) is 0 Å². The lowest BCUT2D eigenvalue weighted by Crippen LogP contribution is -2.64. The van der Waals surface area contributed by atoms with Crippen molar-refractivity contribution in [2.24, 2.45) is 22.9 Å². The maximum Gasteiger partial charge on any atom is 0.269 e. The summed E-state index contributed by atoms with van der Waals surface area (Å²) < 4.78 is 14.1. The molecule has 0 unspecified atom stereocenters. The highest BCUT2D eigenvalue weighted by Crippen LogP contribution is 2.63. The number of fused-ring (bicyclic) bond motifs is 2. The van der Waals surface area contributed by atoms with E-state index in [1.54, 1.807) is 24.3 Å². The number of oxime groups is 1. The lowest BCUT2D eigenvalue weighted by molar-refractivity contribution is -0.384. The maximum atomic E-state index is 11.2. The van der Waals surface area contributed by atoms with Crippen molar-refractivity contribution < 1.29 is 34.6 Å². The van der Waals surface area contributed by atoms with Crippen molar-refractivity contribution in [3.8, 4) is 11.5 Å². The molecule has 2 aromatic carbocycles. The number of aromatic hydroxyl groups is 1. The summed E-state index contributed by atoms with van der Waals surface area (Å²) in [6.45, 7) is 4.74. The van der Waals surface area contributed by atoms with Crippen LogP contribution in [0.2, 0.25) is 0 Å². The summed E-state index contributed by atoms with van der Waals surface area (Å²) in [5.74, 6) is -0.113. The summed E-state index contributed by atoms with van der Waals surface area (Å²) in [4.78, 5) is 16.8. The smallest absolute Gasteiger partial charge is 0.269 e. The van der Waals surface area contributed by atoms with Gasteiger partial charge in [0.15, 0.2) is 0 Å². The molecule has 270 valence electrons. The highest BCUT2D eigenvalue weighted by Gasteiger charge is 2.64. The zero-order chi connectivity index (χ0) is 35.1. The molecule has 0 saturated heterocycles. The summed E-state index contributed by atoms with van der Waals surface area (Å²) in [5, 5.41) is 46.6. The van der Waals surface area contributed by atoms with Gasteiger partial charge in [0, 0.05) is 48.5 Å². The van der Waals surface area contributed by atoms with E-state index < -0.39 is 10.7 Å². The molecule has 6 rings (SSSR count). The Bertz CT molecular complexity index is 1540. The van der Waals surface area contributed by atoms with Crippen LogP contribution in [-0.2, 0) is 16.2 Å². The molecule has 3 N–H and O–H groups in total. The third kappa shape index (κ3) is 7.76. The van der Waals surface area contributed by atoms with Gasteiger partial charge in [-0.3, -0.25) is 10.1 Å². The van der Waals surface area contributed by atoms with E-state index in [4.69, 9.17) is 19.5 Å². The molecule has 6 atom stereocenters. The number of nitro groups is 1. The molecule has 3 aliphatic carbocycles. The standard InChI is InChI=1S/C39H50N2O8S/c1-2-21-47-39-36(50-30-10-3-4-11-30)24-34(40-48-25-26-13-15-28(16-14-26)41(45)46)32-22-27(9-5-7-19-42)31(12-6-8-20-43)37(38(32)39)33-23-29(44)17-18-35(33)49-39/h2,13-18,22-23,27,30-31,36-38,42-44H,1,3-12,19-21,24-25H2/t27-,31+,36-,37+,38+,39+/m0/s1. The van der Waals surface area contributed by atoms with Crippen molar-refractivity contribution in [2.45, 2.75) is 99.4 Å². The van der Waals surface area contributed by atoms with E-state index in [1.165, 1.54) is 25.0 Å². The van der Waals surface area contributed by atoms with Crippen LogP contribution in [0.15, 0.2) is 71.9 Å². The number of benzene rings is 2. The normalized spacial score (nSPS) is 28.0. The average Bonchev–Trinajstić information content (AvgIpc) is 3.63. The highest BCUT2D eigenvalue weighted by molar-refractivity contribution is 8.00. The van der Waals surface area contributed by atoms with Gasteiger partial charge in [0.1, 0.15) is 18.1 Å². The first-order chi connectivity index (χ1) is 24.4. The second-order valence-corrected chi connectivity index (χ2v) is 15.5. The Morgan fingerprint density at radius 2 is 1.80 bits per heavy atom. The van der Waals surface area contributed by atoms with Gasteiger partial charge in [-0.05, 0) is 91.8 Å². The second-order valence-electron chi connectivity index (χ2n) is 14.0. The topological polar surface area (TPSA) is 144 Å². The third-order valence-electron chi connectivity index (χ3n) is 10.8. The van der Waals surface area contributed by atoms with E-state index in [-0.39, 0.29) is 60.2 Å². The first-order valence-corrected chi connectivity index (χ1v) is 19.1. The van der Waals surface area contributed by atoms with Crippen LogP contribution in [0.3, 0.4) is 0 Å². The molecule has 0 amide bonds. The van der Waals surface area contributed by atoms with Gasteiger partial charge in [0.2, 0.25) is 5.79 Å². The second kappa shape index (κ2) is 16.8. The number of aliphatic hydroxyl groups excluding tert-OH is 2. The summed E-state index contributed by atoms with van der Waals surface area (Å²) >= 11 is 1.94. The number of hydrogen-bond acceptors (Lipinski definition) is 10. The van der Waals surface area contributed by atoms with Crippen LogP contribution in [0, 0.1) is 27.9 Å². The van der Waals surface area contributed by atoms with Gasteiger partial charge in [0.25, 0.3) is 5.69 Å². The van der Waals surface area contributed by atoms with Gasteiger partial charge in [-0.15, -0.1) is 18.3 Å². The quantitative estimate of drug-likeness (QED) is 0.0649. The molecule has 0 bridgehead atoms. The molecule has 11 heteroatoms. The number of phenolic OH excluding ortho intramolecular Hbond substituents is 1. The number of ether oxygens (including phenoxy) is 2. The molecular weight excluding hydrogens is 657 g/mol. The van der Waals surface area contributed by atoms with Gasteiger partial charge < -0.3 is 29.6 Å².